The normalized spacial score (nSPS) is 11.1. The Morgan fingerprint density at radius 1 is 1.15 bits per heavy atom. The molecule has 0 aliphatic heterocycles. The fourth-order valence-electron chi connectivity index (χ4n) is 2.63. The van der Waals surface area contributed by atoms with Crippen molar-refractivity contribution in [2.24, 2.45) is 0 Å². The highest BCUT2D eigenvalue weighted by atomic mass is 16.5. The van der Waals surface area contributed by atoms with Gasteiger partial charge in [0.15, 0.2) is 11.5 Å². The third-order valence-electron chi connectivity index (χ3n) is 3.95. The smallest absolute Gasteiger partial charge is 0.266 e. The van der Waals surface area contributed by atoms with Crippen LogP contribution in [-0.4, -0.2) is 19.1 Å². The average molecular weight is 364 g/mol. The first-order chi connectivity index (χ1) is 12.8. The van der Waals surface area contributed by atoms with Crippen LogP contribution >= 0.6 is 0 Å². The minimum atomic E-state index is -0.448. The van der Waals surface area contributed by atoms with E-state index in [4.69, 9.17) is 9.47 Å². The highest BCUT2D eigenvalue weighted by Gasteiger charge is 2.13. The van der Waals surface area contributed by atoms with E-state index in [-0.39, 0.29) is 11.7 Å². The monoisotopic (exact) mass is 364 g/mol. The van der Waals surface area contributed by atoms with E-state index >= 15 is 0 Å². The fraction of sp³-hybridized carbons (Fsp3) is 0.273. The summed E-state index contributed by atoms with van der Waals surface area (Å²) in [5.41, 5.74) is 3.30. The largest absolute Gasteiger partial charge is 0.493 e. The first kappa shape index (κ1) is 20.1. The summed E-state index contributed by atoms with van der Waals surface area (Å²) in [5.74, 6) is 0.712. The summed E-state index contributed by atoms with van der Waals surface area (Å²) in [6, 6.07) is 13.0. The zero-order valence-corrected chi connectivity index (χ0v) is 16.3. The number of ether oxygens (including phenoxy) is 2. The molecule has 0 aliphatic carbocycles. The van der Waals surface area contributed by atoms with Crippen LogP contribution in [0.2, 0.25) is 0 Å². The number of hydrogen-bond acceptors (Lipinski definition) is 4. The van der Waals surface area contributed by atoms with E-state index in [1.165, 1.54) is 6.08 Å². The third kappa shape index (κ3) is 5.11. The number of para-hydroxylation sites is 1. The van der Waals surface area contributed by atoms with Crippen molar-refractivity contribution >= 4 is 17.7 Å². The van der Waals surface area contributed by atoms with Crippen LogP contribution in [-0.2, 0) is 4.79 Å². The number of aryl methyl sites for hydroxylation is 2. The second kappa shape index (κ2) is 8.91. The van der Waals surface area contributed by atoms with Crippen LogP contribution in [0.25, 0.3) is 6.08 Å². The number of nitrogens with one attached hydrogen (secondary N) is 1. The van der Waals surface area contributed by atoms with E-state index in [1.54, 1.807) is 25.3 Å². The van der Waals surface area contributed by atoms with Gasteiger partial charge in [-0.2, -0.15) is 5.26 Å². The molecule has 0 spiro atoms. The summed E-state index contributed by atoms with van der Waals surface area (Å²) in [5, 5.41) is 12.3. The van der Waals surface area contributed by atoms with E-state index in [2.05, 4.69) is 5.32 Å². The molecule has 27 heavy (non-hydrogen) atoms. The number of benzene rings is 2. The predicted molar refractivity (Wildman–Crippen MR) is 107 cm³/mol. The van der Waals surface area contributed by atoms with Gasteiger partial charge in [0.05, 0.1) is 13.2 Å². The average Bonchev–Trinajstić information content (AvgIpc) is 2.63. The number of carbonyl (C=O) groups is 1. The maximum atomic E-state index is 12.6. The molecule has 0 radical (unpaired) electrons. The van der Waals surface area contributed by atoms with E-state index in [9.17, 15) is 10.1 Å². The molecule has 0 bridgehead atoms. The highest BCUT2D eigenvalue weighted by molar-refractivity contribution is 6.10. The standard InChI is InChI=1S/C22H24N2O3/c1-14(2)27-19-10-9-17(12-20(19)26-5)11-18(13-23)22(25)24-21-15(3)7-6-8-16(21)4/h6-12,14H,1-5H3,(H,24,25)/b18-11+. The first-order valence-corrected chi connectivity index (χ1v) is 8.69. The molecule has 0 saturated heterocycles. The summed E-state index contributed by atoms with van der Waals surface area (Å²) >= 11 is 0. The molecule has 2 aromatic carbocycles. The summed E-state index contributed by atoms with van der Waals surface area (Å²) < 4.78 is 11.0. The van der Waals surface area contributed by atoms with Gasteiger partial charge < -0.3 is 14.8 Å². The lowest BCUT2D eigenvalue weighted by Gasteiger charge is -2.14. The number of rotatable bonds is 6. The number of amides is 1. The van der Waals surface area contributed by atoms with E-state index < -0.39 is 5.91 Å². The minimum absolute atomic E-state index is 0.0113. The van der Waals surface area contributed by atoms with Gasteiger partial charge in [-0.3, -0.25) is 4.79 Å². The molecule has 0 unspecified atom stereocenters. The molecule has 1 amide bonds. The van der Waals surface area contributed by atoms with Gasteiger partial charge >= 0.3 is 0 Å². The molecule has 2 aromatic rings. The Morgan fingerprint density at radius 3 is 2.37 bits per heavy atom. The number of methoxy groups -OCH3 is 1. The Morgan fingerprint density at radius 2 is 1.81 bits per heavy atom. The molecule has 0 heterocycles. The van der Waals surface area contributed by atoms with Crippen LogP contribution in [0, 0.1) is 25.2 Å². The molecule has 5 heteroatoms. The van der Waals surface area contributed by atoms with Crippen LogP contribution in [0.15, 0.2) is 42.0 Å². The van der Waals surface area contributed by atoms with Crippen LogP contribution in [0.5, 0.6) is 11.5 Å². The van der Waals surface area contributed by atoms with Crippen molar-refractivity contribution < 1.29 is 14.3 Å². The third-order valence-corrected chi connectivity index (χ3v) is 3.95. The number of carbonyl (C=O) groups excluding carboxylic acids is 1. The van der Waals surface area contributed by atoms with E-state index in [0.717, 1.165) is 16.8 Å². The lowest BCUT2D eigenvalue weighted by molar-refractivity contribution is -0.112. The molecule has 0 atom stereocenters. The Kier molecular flexibility index (Phi) is 6.62. The summed E-state index contributed by atoms with van der Waals surface area (Å²) in [6.45, 7) is 7.69. The molecule has 0 aliphatic rings. The van der Waals surface area contributed by atoms with Crippen LogP contribution in [0.4, 0.5) is 5.69 Å². The van der Waals surface area contributed by atoms with Gasteiger partial charge in [0.25, 0.3) is 5.91 Å². The second-order valence-electron chi connectivity index (χ2n) is 6.47. The Balaban J connectivity index is 2.30. The zero-order valence-electron chi connectivity index (χ0n) is 16.3. The summed E-state index contributed by atoms with van der Waals surface area (Å²) in [6.07, 6.45) is 1.54. The van der Waals surface area contributed by atoms with Crippen molar-refractivity contribution in [3.05, 3.63) is 58.7 Å². The number of nitriles is 1. The molecular formula is C22H24N2O3. The van der Waals surface area contributed by atoms with Crippen LogP contribution in [0.3, 0.4) is 0 Å². The van der Waals surface area contributed by atoms with Crippen LogP contribution in [0.1, 0.15) is 30.5 Å². The minimum Gasteiger partial charge on any atom is -0.493 e. The quantitative estimate of drug-likeness (QED) is 0.598. The van der Waals surface area contributed by atoms with Crippen molar-refractivity contribution in [1.29, 1.82) is 5.26 Å². The lowest BCUT2D eigenvalue weighted by Crippen LogP contribution is -2.15. The summed E-state index contributed by atoms with van der Waals surface area (Å²) in [7, 11) is 1.55. The fourth-order valence-corrected chi connectivity index (χ4v) is 2.63. The van der Waals surface area contributed by atoms with Crippen molar-refractivity contribution in [2.45, 2.75) is 33.8 Å². The lowest BCUT2D eigenvalue weighted by atomic mass is 10.1. The van der Waals surface area contributed by atoms with Crippen molar-refractivity contribution in [3.8, 4) is 17.6 Å². The van der Waals surface area contributed by atoms with E-state index in [0.29, 0.717) is 17.1 Å². The molecule has 0 saturated carbocycles. The van der Waals surface area contributed by atoms with Crippen molar-refractivity contribution in [1.82, 2.24) is 0 Å². The van der Waals surface area contributed by atoms with Gasteiger partial charge in [0, 0.05) is 5.69 Å². The Bertz CT molecular complexity index is 888. The van der Waals surface area contributed by atoms with Gasteiger partial charge in [0.1, 0.15) is 11.6 Å². The molecule has 1 N–H and O–H groups in total. The topological polar surface area (TPSA) is 71.3 Å². The van der Waals surface area contributed by atoms with Gasteiger partial charge in [-0.05, 0) is 62.6 Å². The number of anilines is 1. The molecule has 0 fully saturated rings. The highest BCUT2D eigenvalue weighted by Crippen LogP contribution is 2.30. The number of nitrogens with zero attached hydrogens (tertiary/aromatic N) is 1. The van der Waals surface area contributed by atoms with Gasteiger partial charge in [-0.15, -0.1) is 0 Å². The van der Waals surface area contributed by atoms with Gasteiger partial charge in [0.2, 0.25) is 0 Å². The molecule has 2 rings (SSSR count). The Labute approximate surface area is 160 Å². The van der Waals surface area contributed by atoms with Gasteiger partial charge in [-0.25, -0.2) is 0 Å². The second-order valence-corrected chi connectivity index (χ2v) is 6.47. The maximum absolute atomic E-state index is 12.6. The number of hydrogen-bond donors (Lipinski definition) is 1. The zero-order chi connectivity index (χ0) is 20.0. The van der Waals surface area contributed by atoms with Crippen molar-refractivity contribution in [3.63, 3.8) is 0 Å². The molecule has 5 nitrogen and oxygen atoms in total. The van der Waals surface area contributed by atoms with Crippen molar-refractivity contribution in [2.75, 3.05) is 12.4 Å². The van der Waals surface area contributed by atoms with E-state index in [1.807, 2.05) is 52.0 Å². The molecule has 0 aromatic heterocycles. The summed E-state index contributed by atoms with van der Waals surface area (Å²) in [4.78, 5) is 12.6. The Hall–Kier alpha value is -3.26. The SMILES string of the molecule is COc1cc(/C=C(\C#N)C(=O)Nc2c(C)cccc2C)ccc1OC(C)C. The molecular weight excluding hydrogens is 340 g/mol. The molecule has 140 valence electrons. The van der Waals surface area contributed by atoms with Crippen LogP contribution < -0.4 is 14.8 Å². The maximum Gasteiger partial charge on any atom is 0.266 e. The predicted octanol–water partition coefficient (Wildman–Crippen LogP) is 4.64. The van der Waals surface area contributed by atoms with Gasteiger partial charge in [-0.1, -0.05) is 24.3 Å². The first-order valence-electron chi connectivity index (χ1n) is 8.69.